The molecule has 0 bridgehead atoms. The summed E-state index contributed by atoms with van der Waals surface area (Å²) in [7, 11) is 1.60. The van der Waals surface area contributed by atoms with Crippen molar-refractivity contribution in [2.24, 2.45) is 7.05 Å². The Balaban J connectivity index is 1.61. The van der Waals surface area contributed by atoms with Crippen LogP contribution in [0.2, 0.25) is 0 Å². The third-order valence-corrected chi connectivity index (χ3v) is 5.99. The highest BCUT2D eigenvalue weighted by Crippen LogP contribution is 2.37. The number of nitrogens with zero attached hydrogens (tertiary/aromatic N) is 4. The molecule has 0 saturated heterocycles. The molecular weight excluding hydrogens is 483 g/mol. The van der Waals surface area contributed by atoms with Gasteiger partial charge in [-0.25, -0.2) is 4.68 Å². The smallest absolute Gasteiger partial charge is 0.389 e. The summed E-state index contributed by atoms with van der Waals surface area (Å²) < 4.78 is 44.1. The first-order valence-corrected chi connectivity index (χ1v) is 11.4. The number of alkyl halides is 3. The fraction of sp³-hybridized carbons (Fsp3) is 0.148. The van der Waals surface area contributed by atoms with Gasteiger partial charge in [0.1, 0.15) is 5.82 Å². The van der Waals surface area contributed by atoms with E-state index in [1.165, 1.54) is 23.0 Å². The van der Waals surface area contributed by atoms with E-state index in [2.05, 4.69) is 15.5 Å². The molecule has 188 valence electrons. The summed E-state index contributed by atoms with van der Waals surface area (Å²) in [6, 6.07) is 19.0. The van der Waals surface area contributed by atoms with Crippen molar-refractivity contribution < 1.29 is 23.1 Å². The molecule has 3 aromatic carbocycles. The van der Waals surface area contributed by atoms with Crippen molar-refractivity contribution in [1.29, 1.82) is 0 Å². The molecule has 5 aromatic rings. The van der Waals surface area contributed by atoms with Crippen LogP contribution in [0.15, 0.2) is 79.0 Å². The molecule has 0 spiro atoms. The number of carbonyl (C=O) groups is 1. The van der Waals surface area contributed by atoms with Gasteiger partial charge in [-0.2, -0.15) is 23.4 Å². The van der Waals surface area contributed by atoms with Crippen LogP contribution in [0.4, 0.5) is 19.0 Å². The Bertz CT molecular complexity index is 1600. The summed E-state index contributed by atoms with van der Waals surface area (Å²) in [4.78, 5) is 13.4. The number of aryl methyl sites for hydroxylation is 1. The number of aromatic nitrogens is 4. The Kier molecular flexibility index (Phi) is 6.04. The third kappa shape index (κ3) is 4.70. The first kappa shape index (κ1) is 24.3. The fourth-order valence-corrected chi connectivity index (χ4v) is 4.12. The summed E-state index contributed by atoms with van der Waals surface area (Å²) in [5, 5.41) is 22.2. The number of benzene rings is 3. The Labute approximate surface area is 209 Å². The molecule has 1 amide bonds. The number of nitrogens with one attached hydrogen (secondary N) is 1. The number of aliphatic hydroxyl groups excluding tert-OH is 1. The van der Waals surface area contributed by atoms with Crippen LogP contribution in [0.5, 0.6) is 0 Å². The zero-order valence-electron chi connectivity index (χ0n) is 19.9. The third-order valence-electron chi connectivity index (χ3n) is 5.99. The average Bonchev–Trinajstić information content (AvgIpc) is 3.47. The molecular formula is C27H22F3N5O2. The van der Waals surface area contributed by atoms with Gasteiger partial charge in [0.15, 0.2) is 0 Å². The number of anilines is 1. The number of carbonyl (C=O) groups excluding carboxylic acids is 1. The standard InChI is InChI=1S/C27H22F3N5O2/c1-16(36)17-9-11-23-21(14-17)25(35(33-23)19-6-4-3-5-7-19)31-26(37)18-8-10-22(27(28,29)30)20(15-18)24-12-13-34(2)32-24/h3-16,36H,1-2H3,(H,31,37). The van der Waals surface area contributed by atoms with Crippen molar-refractivity contribution in [2.45, 2.75) is 19.2 Å². The van der Waals surface area contributed by atoms with Crippen LogP contribution in [0.25, 0.3) is 27.8 Å². The van der Waals surface area contributed by atoms with Gasteiger partial charge in [0, 0.05) is 29.8 Å². The lowest BCUT2D eigenvalue weighted by molar-refractivity contribution is -0.137. The normalized spacial score (nSPS) is 12.6. The van der Waals surface area contributed by atoms with Crippen LogP contribution in [-0.4, -0.2) is 30.6 Å². The van der Waals surface area contributed by atoms with Gasteiger partial charge in [-0.3, -0.25) is 9.48 Å². The minimum Gasteiger partial charge on any atom is -0.389 e. The summed E-state index contributed by atoms with van der Waals surface area (Å²) in [6.07, 6.45) is -3.84. The minimum atomic E-state index is -4.62. The van der Waals surface area contributed by atoms with Gasteiger partial charge in [0.2, 0.25) is 0 Å². The zero-order valence-corrected chi connectivity index (χ0v) is 19.9. The molecule has 2 N–H and O–H groups in total. The Hall–Kier alpha value is -4.44. The topological polar surface area (TPSA) is 85.0 Å². The number of aliphatic hydroxyl groups is 1. The average molecular weight is 506 g/mol. The number of hydrogen-bond donors (Lipinski definition) is 2. The van der Waals surface area contributed by atoms with Crippen LogP contribution in [0.3, 0.4) is 0 Å². The van der Waals surface area contributed by atoms with Gasteiger partial charge in [-0.1, -0.05) is 24.3 Å². The maximum atomic E-state index is 13.7. The van der Waals surface area contributed by atoms with Crippen LogP contribution >= 0.6 is 0 Å². The largest absolute Gasteiger partial charge is 0.417 e. The maximum Gasteiger partial charge on any atom is 0.417 e. The molecule has 37 heavy (non-hydrogen) atoms. The van der Waals surface area contributed by atoms with E-state index in [0.29, 0.717) is 28.0 Å². The predicted octanol–water partition coefficient (Wildman–Crippen LogP) is 5.75. The molecule has 0 aliphatic carbocycles. The highest BCUT2D eigenvalue weighted by Gasteiger charge is 2.34. The van der Waals surface area contributed by atoms with Crippen molar-refractivity contribution in [3.8, 4) is 16.9 Å². The van der Waals surface area contributed by atoms with Crippen molar-refractivity contribution in [3.05, 3.63) is 95.7 Å². The molecule has 0 aliphatic heterocycles. The fourth-order valence-electron chi connectivity index (χ4n) is 4.12. The highest BCUT2D eigenvalue weighted by atomic mass is 19.4. The predicted molar refractivity (Wildman–Crippen MR) is 133 cm³/mol. The summed E-state index contributed by atoms with van der Waals surface area (Å²) >= 11 is 0. The van der Waals surface area contributed by atoms with Crippen LogP contribution in [0, 0.1) is 0 Å². The summed E-state index contributed by atoms with van der Waals surface area (Å²) in [5.74, 6) is -0.291. The number of fused-ring (bicyclic) bond motifs is 1. The van der Waals surface area contributed by atoms with E-state index < -0.39 is 23.8 Å². The molecule has 7 nitrogen and oxygen atoms in total. The molecule has 0 aliphatic rings. The molecule has 2 heterocycles. The van der Waals surface area contributed by atoms with E-state index in [-0.39, 0.29) is 16.8 Å². The van der Waals surface area contributed by atoms with Gasteiger partial charge < -0.3 is 10.4 Å². The van der Waals surface area contributed by atoms with Gasteiger partial charge in [-0.15, -0.1) is 0 Å². The number of rotatable bonds is 5. The zero-order chi connectivity index (χ0) is 26.3. The van der Waals surface area contributed by atoms with Gasteiger partial charge in [0.25, 0.3) is 5.91 Å². The monoisotopic (exact) mass is 505 g/mol. The number of para-hydroxylation sites is 1. The van der Waals surface area contributed by atoms with E-state index in [1.807, 2.05) is 30.3 Å². The van der Waals surface area contributed by atoms with E-state index in [0.717, 1.165) is 12.1 Å². The van der Waals surface area contributed by atoms with Crippen molar-refractivity contribution in [2.75, 3.05) is 5.32 Å². The van der Waals surface area contributed by atoms with Crippen LogP contribution < -0.4 is 5.32 Å². The second-order valence-corrected chi connectivity index (χ2v) is 8.64. The Morgan fingerprint density at radius 2 is 1.76 bits per heavy atom. The van der Waals surface area contributed by atoms with Crippen LogP contribution in [-0.2, 0) is 13.2 Å². The molecule has 0 fully saturated rings. The molecule has 5 rings (SSSR count). The first-order valence-electron chi connectivity index (χ1n) is 11.4. The quantitative estimate of drug-likeness (QED) is 0.319. The lowest BCUT2D eigenvalue weighted by atomic mass is 10.0. The molecule has 10 heteroatoms. The Morgan fingerprint density at radius 1 is 1.00 bits per heavy atom. The molecule has 0 saturated carbocycles. The lowest BCUT2D eigenvalue weighted by Crippen LogP contribution is -2.16. The van der Waals surface area contributed by atoms with Crippen molar-refractivity contribution >= 4 is 22.6 Å². The molecule has 1 atom stereocenters. The second kappa shape index (κ2) is 9.21. The van der Waals surface area contributed by atoms with E-state index in [4.69, 9.17) is 0 Å². The van der Waals surface area contributed by atoms with E-state index in [1.54, 1.807) is 36.9 Å². The minimum absolute atomic E-state index is 0.0225. The SMILES string of the molecule is CC(O)c1ccc2nn(-c3ccccc3)c(NC(=O)c3ccc(C(F)(F)F)c(-c4ccn(C)n4)c3)c2c1. The highest BCUT2D eigenvalue weighted by molar-refractivity contribution is 6.09. The summed E-state index contributed by atoms with van der Waals surface area (Å²) in [5.41, 5.74) is 0.921. The lowest BCUT2D eigenvalue weighted by Gasteiger charge is -2.14. The van der Waals surface area contributed by atoms with Crippen molar-refractivity contribution in [1.82, 2.24) is 19.6 Å². The maximum absolute atomic E-state index is 13.7. The number of amides is 1. The molecule has 2 aromatic heterocycles. The van der Waals surface area contributed by atoms with Gasteiger partial charge in [-0.05, 0) is 61.0 Å². The van der Waals surface area contributed by atoms with Crippen LogP contribution in [0.1, 0.15) is 34.5 Å². The molecule has 1 unspecified atom stereocenters. The molecule has 0 radical (unpaired) electrons. The Morgan fingerprint density at radius 3 is 2.41 bits per heavy atom. The first-order chi connectivity index (χ1) is 17.6. The van der Waals surface area contributed by atoms with E-state index in [9.17, 15) is 23.1 Å². The summed E-state index contributed by atoms with van der Waals surface area (Å²) in [6.45, 7) is 1.63. The van der Waals surface area contributed by atoms with Gasteiger partial charge >= 0.3 is 6.18 Å². The van der Waals surface area contributed by atoms with E-state index >= 15 is 0 Å². The number of halogens is 3. The second-order valence-electron chi connectivity index (χ2n) is 8.64. The van der Waals surface area contributed by atoms with Crippen molar-refractivity contribution in [3.63, 3.8) is 0 Å². The van der Waals surface area contributed by atoms with Gasteiger partial charge in [0.05, 0.1) is 28.6 Å². The number of hydrogen-bond acceptors (Lipinski definition) is 4.